The van der Waals surface area contributed by atoms with Crippen molar-refractivity contribution in [2.24, 2.45) is 0 Å². The molecule has 0 spiro atoms. The van der Waals surface area contributed by atoms with E-state index in [1.54, 1.807) is 0 Å². The normalized spacial score (nSPS) is 20.5. The molecule has 1 atom stereocenters. The topological polar surface area (TPSA) is 147 Å². The second-order valence-corrected chi connectivity index (χ2v) is 5.06. The average Bonchev–Trinajstić information content (AvgIpc) is 2.72. The zero-order chi connectivity index (χ0) is 16.9. The summed E-state index contributed by atoms with van der Waals surface area (Å²) < 4.78 is 0. The van der Waals surface area contributed by atoms with Gasteiger partial charge in [-0.15, -0.1) is 0 Å². The Morgan fingerprint density at radius 1 is 1.22 bits per heavy atom. The zero-order valence-electron chi connectivity index (χ0n) is 11.4. The number of hydrogen-bond donors (Lipinski definition) is 2. The molecule has 10 nitrogen and oxygen atoms in total. The summed E-state index contributed by atoms with van der Waals surface area (Å²) in [5.41, 5.74) is -1.44. The maximum atomic E-state index is 12.4. The molecule has 1 fully saturated rings. The summed E-state index contributed by atoms with van der Waals surface area (Å²) in [6, 6.07) is 0.769. The quantitative estimate of drug-likeness (QED) is 0.432. The Labute approximate surface area is 127 Å². The van der Waals surface area contributed by atoms with Crippen molar-refractivity contribution in [3.8, 4) is 5.75 Å². The number of carbonyl (C=O) groups excluding carboxylic acids is 4. The maximum absolute atomic E-state index is 12.4. The highest BCUT2D eigenvalue weighted by molar-refractivity contribution is 6.25. The Morgan fingerprint density at radius 2 is 1.91 bits per heavy atom. The Hall–Kier alpha value is -3.30. The van der Waals surface area contributed by atoms with Crippen molar-refractivity contribution in [3.63, 3.8) is 0 Å². The minimum atomic E-state index is -1.20. The van der Waals surface area contributed by atoms with Gasteiger partial charge in [-0.25, -0.2) is 0 Å². The van der Waals surface area contributed by atoms with E-state index in [2.05, 4.69) is 0 Å². The molecule has 10 heteroatoms. The number of imide groups is 2. The predicted molar refractivity (Wildman–Crippen MR) is 71.4 cm³/mol. The van der Waals surface area contributed by atoms with Crippen molar-refractivity contribution in [2.75, 3.05) is 0 Å². The summed E-state index contributed by atoms with van der Waals surface area (Å²) >= 11 is 0. The number of rotatable bonds is 2. The van der Waals surface area contributed by atoms with Crippen LogP contribution in [0.1, 0.15) is 33.6 Å². The van der Waals surface area contributed by atoms with E-state index >= 15 is 0 Å². The number of nitrogens with one attached hydrogen (secondary N) is 1. The number of phenolic OH excluding ortho intramolecular Hbond substituents is 1. The van der Waals surface area contributed by atoms with Gasteiger partial charge in [0.1, 0.15) is 11.6 Å². The lowest BCUT2D eigenvalue weighted by Crippen LogP contribution is -2.54. The third-order valence-electron chi connectivity index (χ3n) is 3.76. The number of benzene rings is 1. The Kier molecular flexibility index (Phi) is 3.09. The smallest absolute Gasteiger partial charge is 0.311 e. The Bertz CT molecular complexity index is 801. The zero-order valence-corrected chi connectivity index (χ0v) is 11.4. The number of aromatic hydroxyl groups is 1. The van der Waals surface area contributed by atoms with Gasteiger partial charge in [0.25, 0.3) is 11.8 Å². The largest absolute Gasteiger partial charge is 0.502 e. The number of nitrogens with zero attached hydrogens (tertiary/aromatic N) is 2. The molecule has 2 N–H and O–H groups in total. The molecule has 3 rings (SSSR count). The van der Waals surface area contributed by atoms with Crippen molar-refractivity contribution in [2.45, 2.75) is 18.9 Å². The van der Waals surface area contributed by atoms with Crippen LogP contribution in [-0.2, 0) is 9.59 Å². The van der Waals surface area contributed by atoms with E-state index in [1.165, 1.54) is 0 Å². The number of amides is 4. The van der Waals surface area contributed by atoms with Gasteiger partial charge in [-0.1, -0.05) is 0 Å². The third kappa shape index (κ3) is 2.03. The van der Waals surface area contributed by atoms with Gasteiger partial charge in [0, 0.05) is 12.5 Å². The molecule has 2 heterocycles. The molecule has 23 heavy (non-hydrogen) atoms. The van der Waals surface area contributed by atoms with E-state index in [0.29, 0.717) is 4.90 Å². The molecule has 0 radical (unpaired) electrons. The van der Waals surface area contributed by atoms with E-state index in [1.807, 2.05) is 5.32 Å². The van der Waals surface area contributed by atoms with Crippen LogP contribution in [0.3, 0.4) is 0 Å². The third-order valence-corrected chi connectivity index (χ3v) is 3.76. The van der Waals surface area contributed by atoms with E-state index in [0.717, 1.165) is 12.1 Å². The van der Waals surface area contributed by atoms with Gasteiger partial charge < -0.3 is 5.11 Å². The summed E-state index contributed by atoms with van der Waals surface area (Å²) in [4.78, 5) is 58.3. The van der Waals surface area contributed by atoms with Gasteiger partial charge in [-0.2, -0.15) is 0 Å². The first kappa shape index (κ1) is 14.6. The van der Waals surface area contributed by atoms with Gasteiger partial charge in [0.2, 0.25) is 17.6 Å². The van der Waals surface area contributed by atoms with Crippen LogP contribution < -0.4 is 5.32 Å². The molecule has 4 amide bonds. The lowest BCUT2D eigenvalue weighted by atomic mass is 10.0. The summed E-state index contributed by atoms with van der Waals surface area (Å²) in [6.45, 7) is 0. The van der Waals surface area contributed by atoms with Gasteiger partial charge in [0.15, 0.2) is 0 Å². The van der Waals surface area contributed by atoms with E-state index in [9.17, 15) is 34.4 Å². The molecule has 1 aromatic carbocycles. The van der Waals surface area contributed by atoms with Crippen LogP contribution >= 0.6 is 0 Å². The Balaban J connectivity index is 2.04. The van der Waals surface area contributed by atoms with E-state index < -0.39 is 51.6 Å². The second kappa shape index (κ2) is 4.87. The Morgan fingerprint density at radius 3 is 2.52 bits per heavy atom. The summed E-state index contributed by atoms with van der Waals surface area (Å²) in [7, 11) is 0. The molecule has 0 saturated carbocycles. The van der Waals surface area contributed by atoms with Crippen molar-refractivity contribution in [1.82, 2.24) is 10.2 Å². The fourth-order valence-electron chi connectivity index (χ4n) is 2.68. The van der Waals surface area contributed by atoms with E-state index in [-0.39, 0.29) is 18.4 Å². The first-order chi connectivity index (χ1) is 10.8. The number of hydrogen-bond acceptors (Lipinski definition) is 7. The van der Waals surface area contributed by atoms with Crippen LogP contribution in [0.25, 0.3) is 0 Å². The minimum Gasteiger partial charge on any atom is -0.502 e. The predicted octanol–water partition coefficient (Wildman–Crippen LogP) is -0.298. The first-order valence-electron chi connectivity index (χ1n) is 6.55. The molecule has 0 aromatic heterocycles. The molecule has 2 aliphatic rings. The molecule has 1 unspecified atom stereocenters. The van der Waals surface area contributed by atoms with Gasteiger partial charge in [-0.05, 0) is 12.5 Å². The number of nitro groups is 1. The van der Waals surface area contributed by atoms with Crippen LogP contribution in [0.5, 0.6) is 5.75 Å². The fourth-order valence-corrected chi connectivity index (χ4v) is 2.68. The maximum Gasteiger partial charge on any atom is 0.311 e. The molecule has 0 aliphatic carbocycles. The monoisotopic (exact) mass is 319 g/mol. The van der Waals surface area contributed by atoms with Crippen LogP contribution in [0.4, 0.5) is 5.69 Å². The summed E-state index contributed by atoms with van der Waals surface area (Å²) in [5, 5.41) is 22.7. The average molecular weight is 319 g/mol. The van der Waals surface area contributed by atoms with Crippen LogP contribution in [0, 0.1) is 10.1 Å². The van der Waals surface area contributed by atoms with Crippen LogP contribution in [0.15, 0.2) is 12.1 Å². The molecule has 2 aliphatic heterocycles. The SMILES string of the molecule is O=C1CCC(N2C(=O)c3ccc([N+](=O)[O-])c(O)c3C2=O)C(=O)N1. The van der Waals surface area contributed by atoms with Crippen molar-refractivity contribution >= 4 is 29.3 Å². The van der Waals surface area contributed by atoms with Gasteiger partial charge >= 0.3 is 5.69 Å². The highest BCUT2D eigenvalue weighted by Gasteiger charge is 2.47. The van der Waals surface area contributed by atoms with Crippen molar-refractivity contribution in [3.05, 3.63) is 33.4 Å². The standard InChI is InChI=1S/C13H9N3O7/c17-8-4-3-7(11(19)14-8)15-12(20)5-1-2-6(16(22)23)10(18)9(5)13(15)21/h1-2,7,18H,3-4H2,(H,14,17,19). The van der Waals surface area contributed by atoms with Crippen molar-refractivity contribution < 1.29 is 29.2 Å². The minimum absolute atomic E-state index is 0.0427. The summed E-state index contributed by atoms with van der Waals surface area (Å²) in [6.07, 6.45) is -0.0884. The number of piperidine rings is 1. The highest BCUT2D eigenvalue weighted by Crippen LogP contribution is 2.38. The number of fused-ring (bicyclic) bond motifs is 1. The molecule has 118 valence electrons. The van der Waals surface area contributed by atoms with E-state index in [4.69, 9.17) is 0 Å². The molecule has 0 bridgehead atoms. The molecule has 1 aromatic rings. The second-order valence-electron chi connectivity index (χ2n) is 5.06. The molecule has 1 saturated heterocycles. The lowest BCUT2D eigenvalue weighted by molar-refractivity contribution is -0.385. The number of carbonyl (C=O) groups is 4. The number of nitro benzene ring substituents is 1. The van der Waals surface area contributed by atoms with Crippen molar-refractivity contribution in [1.29, 1.82) is 0 Å². The lowest BCUT2D eigenvalue weighted by Gasteiger charge is -2.27. The van der Waals surface area contributed by atoms with Crippen LogP contribution in [0.2, 0.25) is 0 Å². The summed E-state index contributed by atoms with van der Waals surface area (Å²) in [5.74, 6) is -4.07. The number of phenols is 1. The highest BCUT2D eigenvalue weighted by atomic mass is 16.6. The van der Waals surface area contributed by atoms with Gasteiger partial charge in [-0.3, -0.25) is 39.5 Å². The molecular formula is C13H9N3O7. The molecular weight excluding hydrogens is 310 g/mol. The van der Waals surface area contributed by atoms with Crippen LogP contribution in [-0.4, -0.2) is 44.6 Å². The fraction of sp³-hybridized carbons (Fsp3) is 0.231. The first-order valence-corrected chi connectivity index (χ1v) is 6.55. The van der Waals surface area contributed by atoms with Gasteiger partial charge in [0.05, 0.1) is 10.5 Å².